The van der Waals surface area contributed by atoms with Crippen molar-refractivity contribution in [2.75, 3.05) is 13.1 Å². The van der Waals surface area contributed by atoms with Gasteiger partial charge >= 0.3 is 5.97 Å². The summed E-state index contributed by atoms with van der Waals surface area (Å²) in [5, 5.41) is 17.3. The Labute approximate surface area is 213 Å². The lowest BCUT2D eigenvalue weighted by molar-refractivity contribution is -0.142. The molecule has 0 rings (SSSR count). The van der Waals surface area contributed by atoms with Crippen LogP contribution in [0.15, 0.2) is 4.99 Å². The fourth-order valence-electron chi connectivity index (χ4n) is 3.43. The Morgan fingerprint density at radius 3 is 1.94 bits per heavy atom. The van der Waals surface area contributed by atoms with Crippen LogP contribution in [0.25, 0.3) is 0 Å². The fourth-order valence-corrected chi connectivity index (χ4v) is 3.43. The summed E-state index contributed by atoms with van der Waals surface area (Å²) in [5.74, 6) is -3.12. The molecule has 0 aliphatic heterocycles. The molecule has 0 heterocycles. The van der Waals surface area contributed by atoms with Crippen LogP contribution in [-0.2, 0) is 19.2 Å². The van der Waals surface area contributed by atoms with Gasteiger partial charge in [-0.3, -0.25) is 19.4 Å². The molecule has 4 atom stereocenters. The summed E-state index contributed by atoms with van der Waals surface area (Å²) in [5.41, 5.74) is 22.0. The number of hydrogen-bond donors (Lipinski definition) is 8. The lowest BCUT2D eigenvalue weighted by atomic mass is 9.99. The van der Waals surface area contributed by atoms with E-state index in [1.54, 1.807) is 13.8 Å². The molecule has 0 bridgehead atoms. The number of carbonyl (C=O) groups is 4. The number of carboxylic acids is 1. The zero-order valence-electron chi connectivity index (χ0n) is 22.0. The number of aliphatic imine (C=N–C) groups is 1. The Balaban J connectivity index is 5.29. The predicted molar refractivity (Wildman–Crippen MR) is 139 cm³/mol. The Bertz CT molecular complexity index is 740. The molecular formula is C23H46N8O5. The molecule has 3 amide bonds. The molecule has 0 aromatic rings. The van der Waals surface area contributed by atoms with Gasteiger partial charge in [-0.1, -0.05) is 27.7 Å². The van der Waals surface area contributed by atoms with Crippen molar-refractivity contribution in [1.29, 1.82) is 0 Å². The summed E-state index contributed by atoms with van der Waals surface area (Å²) in [6.07, 6.45) is 2.49. The van der Waals surface area contributed by atoms with Crippen LogP contribution in [0, 0.1) is 11.8 Å². The zero-order chi connectivity index (χ0) is 27.8. The SMILES string of the molecule is CC(C)CC(NC(=O)C(NC(=O)C(N)CCCN=C(N)N)C(C)C)C(=O)NC(CCCCN)C(=O)O. The quantitative estimate of drug-likeness (QED) is 0.0617. The van der Waals surface area contributed by atoms with E-state index in [0.29, 0.717) is 38.8 Å². The number of nitrogens with one attached hydrogen (secondary N) is 3. The maximum Gasteiger partial charge on any atom is 0.326 e. The standard InChI is InChI=1S/C23H46N8O5/c1-13(2)12-17(20(33)29-16(22(35)36)9-5-6-10-24)30-21(34)18(14(3)4)31-19(32)15(25)8-7-11-28-23(26)27/h13-18H,5-12,24-25H2,1-4H3,(H,29,33)(H,30,34)(H,31,32)(H,35,36)(H4,26,27,28). The van der Waals surface area contributed by atoms with E-state index in [-0.39, 0.29) is 30.6 Å². The van der Waals surface area contributed by atoms with Crippen molar-refractivity contribution in [2.45, 2.75) is 90.4 Å². The van der Waals surface area contributed by atoms with E-state index >= 15 is 0 Å². The van der Waals surface area contributed by atoms with Crippen molar-refractivity contribution in [3.63, 3.8) is 0 Å². The summed E-state index contributed by atoms with van der Waals surface area (Å²) in [4.78, 5) is 54.0. The van der Waals surface area contributed by atoms with Crippen LogP contribution in [0.5, 0.6) is 0 Å². The molecule has 0 radical (unpaired) electrons. The topological polar surface area (TPSA) is 241 Å². The van der Waals surface area contributed by atoms with Crippen molar-refractivity contribution in [3.05, 3.63) is 0 Å². The van der Waals surface area contributed by atoms with Gasteiger partial charge in [0, 0.05) is 6.54 Å². The van der Waals surface area contributed by atoms with Gasteiger partial charge in [-0.05, 0) is 56.9 Å². The number of nitrogens with zero attached hydrogens (tertiary/aromatic N) is 1. The largest absolute Gasteiger partial charge is 0.480 e. The van der Waals surface area contributed by atoms with Crippen molar-refractivity contribution in [1.82, 2.24) is 16.0 Å². The van der Waals surface area contributed by atoms with Crippen LogP contribution in [0.2, 0.25) is 0 Å². The van der Waals surface area contributed by atoms with Crippen molar-refractivity contribution < 1.29 is 24.3 Å². The lowest BCUT2D eigenvalue weighted by Gasteiger charge is -2.27. The maximum atomic E-state index is 13.1. The number of unbranched alkanes of at least 4 members (excludes halogenated alkanes) is 1. The van der Waals surface area contributed by atoms with Gasteiger partial charge < -0.3 is 44.0 Å². The monoisotopic (exact) mass is 514 g/mol. The van der Waals surface area contributed by atoms with Crippen molar-refractivity contribution in [2.24, 2.45) is 39.8 Å². The van der Waals surface area contributed by atoms with Gasteiger partial charge in [-0.2, -0.15) is 0 Å². The second kappa shape index (κ2) is 17.5. The number of amides is 3. The summed E-state index contributed by atoms with van der Waals surface area (Å²) in [6.45, 7) is 8.02. The average molecular weight is 515 g/mol. The van der Waals surface area contributed by atoms with Crippen LogP contribution >= 0.6 is 0 Å². The molecule has 0 aromatic carbocycles. The number of carbonyl (C=O) groups excluding carboxylic acids is 3. The van der Waals surface area contributed by atoms with E-state index in [1.807, 2.05) is 13.8 Å². The lowest BCUT2D eigenvalue weighted by Crippen LogP contribution is -2.58. The predicted octanol–water partition coefficient (Wildman–Crippen LogP) is -1.26. The molecule has 36 heavy (non-hydrogen) atoms. The molecular weight excluding hydrogens is 468 g/mol. The first-order valence-electron chi connectivity index (χ1n) is 12.4. The highest BCUT2D eigenvalue weighted by Crippen LogP contribution is 2.10. The molecule has 0 spiro atoms. The minimum absolute atomic E-state index is 0.0345. The Morgan fingerprint density at radius 2 is 1.44 bits per heavy atom. The molecule has 0 aliphatic rings. The van der Waals surface area contributed by atoms with Crippen LogP contribution in [0.1, 0.15) is 66.2 Å². The number of rotatable bonds is 18. The van der Waals surface area contributed by atoms with E-state index in [2.05, 4.69) is 20.9 Å². The number of hydrogen-bond acceptors (Lipinski definition) is 7. The Hall–Kier alpha value is -2.93. The zero-order valence-corrected chi connectivity index (χ0v) is 22.0. The molecule has 0 saturated heterocycles. The number of guanidine groups is 1. The van der Waals surface area contributed by atoms with Gasteiger partial charge in [-0.15, -0.1) is 0 Å². The van der Waals surface area contributed by atoms with Crippen molar-refractivity contribution in [3.8, 4) is 0 Å². The molecule has 13 heteroatoms. The first kappa shape index (κ1) is 33.1. The Morgan fingerprint density at radius 1 is 0.833 bits per heavy atom. The first-order chi connectivity index (χ1) is 16.8. The van der Waals surface area contributed by atoms with Gasteiger partial charge in [0.25, 0.3) is 0 Å². The molecule has 0 aliphatic carbocycles. The van der Waals surface area contributed by atoms with E-state index in [1.165, 1.54) is 0 Å². The molecule has 0 aromatic heterocycles. The number of aliphatic carboxylic acids is 1. The third kappa shape index (κ3) is 13.8. The highest BCUT2D eigenvalue weighted by Gasteiger charge is 2.31. The molecule has 0 saturated carbocycles. The summed E-state index contributed by atoms with van der Waals surface area (Å²) < 4.78 is 0. The summed E-state index contributed by atoms with van der Waals surface area (Å²) in [6, 6.07) is -3.87. The molecule has 13 nitrogen and oxygen atoms in total. The van der Waals surface area contributed by atoms with E-state index in [4.69, 9.17) is 22.9 Å². The van der Waals surface area contributed by atoms with Crippen LogP contribution in [-0.4, -0.2) is 72.0 Å². The van der Waals surface area contributed by atoms with Crippen molar-refractivity contribution >= 4 is 29.7 Å². The Kier molecular flexibility index (Phi) is 16.1. The van der Waals surface area contributed by atoms with E-state index in [0.717, 1.165) is 0 Å². The van der Waals surface area contributed by atoms with Gasteiger partial charge in [-0.25, -0.2) is 4.79 Å². The molecule has 12 N–H and O–H groups in total. The maximum absolute atomic E-state index is 13.1. The van der Waals surface area contributed by atoms with Gasteiger partial charge in [0.2, 0.25) is 17.7 Å². The fraction of sp³-hybridized carbons (Fsp3) is 0.783. The third-order valence-electron chi connectivity index (χ3n) is 5.45. The second-order valence-electron chi connectivity index (χ2n) is 9.66. The van der Waals surface area contributed by atoms with E-state index < -0.39 is 47.9 Å². The minimum atomic E-state index is -1.16. The molecule has 4 unspecified atom stereocenters. The van der Waals surface area contributed by atoms with E-state index in [9.17, 15) is 24.3 Å². The van der Waals surface area contributed by atoms with Crippen LogP contribution in [0.4, 0.5) is 0 Å². The van der Waals surface area contributed by atoms with Gasteiger partial charge in [0.15, 0.2) is 5.96 Å². The number of carboxylic acid groups (broad SMARTS) is 1. The summed E-state index contributed by atoms with van der Waals surface area (Å²) in [7, 11) is 0. The highest BCUT2D eigenvalue weighted by atomic mass is 16.4. The smallest absolute Gasteiger partial charge is 0.326 e. The minimum Gasteiger partial charge on any atom is -0.480 e. The highest BCUT2D eigenvalue weighted by molar-refractivity contribution is 5.94. The average Bonchev–Trinajstić information content (AvgIpc) is 2.77. The summed E-state index contributed by atoms with van der Waals surface area (Å²) >= 11 is 0. The second-order valence-corrected chi connectivity index (χ2v) is 9.66. The van der Waals surface area contributed by atoms with Crippen LogP contribution in [0.3, 0.4) is 0 Å². The molecule has 208 valence electrons. The third-order valence-corrected chi connectivity index (χ3v) is 5.45. The molecule has 0 fully saturated rings. The first-order valence-corrected chi connectivity index (χ1v) is 12.4. The normalized spacial score (nSPS) is 14.4. The number of nitrogens with two attached hydrogens (primary N) is 4. The van der Waals surface area contributed by atoms with Gasteiger partial charge in [0.05, 0.1) is 6.04 Å². The van der Waals surface area contributed by atoms with Gasteiger partial charge in [0.1, 0.15) is 18.1 Å². The van der Waals surface area contributed by atoms with Crippen LogP contribution < -0.4 is 38.9 Å².